The third-order valence-corrected chi connectivity index (χ3v) is 6.82. The van der Waals surface area contributed by atoms with Crippen molar-refractivity contribution in [3.8, 4) is 5.75 Å². The van der Waals surface area contributed by atoms with E-state index in [1.54, 1.807) is 42.1 Å². The summed E-state index contributed by atoms with van der Waals surface area (Å²) >= 11 is 0. The fourth-order valence-corrected chi connectivity index (χ4v) is 4.49. The summed E-state index contributed by atoms with van der Waals surface area (Å²) < 4.78 is 6.82. The van der Waals surface area contributed by atoms with Gasteiger partial charge in [0.25, 0.3) is 11.8 Å². The van der Waals surface area contributed by atoms with Gasteiger partial charge in [-0.3, -0.25) is 9.59 Å². The van der Waals surface area contributed by atoms with Gasteiger partial charge in [0.15, 0.2) is 5.82 Å². The van der Waals surface area contributed by atoms with Gasteiger partial charge >= 0.3 is 0 Å². The number of aromatic nitrogens is 3. The number of nitrogens with one attached hydrogen (secondary N) is 3. The van der Waals surface area contributed by atoms with E-state index in [9.17, 15) is 9.59 Å². The number of nitrogens with zero attached hydrogens (tertiary/aromatic N) is 3. The highest BCUT2D eigenvalue weighted by molar-refractivity contribution is 6.04. The van der Waals surface area contributed by atoms with Crippen molar-refractivity contribution in [2.45, 2.75) is 26.8 Å². The van der Waals surface area contributed by atoms with E-state index < -0.39 is 0 Å². The second kappa shape index (κ2) is 11.3. The van der Waals surface area contributed by atoms with E-state index in [0.717, 1.165) is 22.4 Å². The molecule has 9 heteroatoms. The van der Waals surface area contributed by atoms with Crippen LogP contribution in [0.25, 0.3) is 5.52 Å². The summed E-state index contributed by atoms with van der Waals surface area (Å²) in [5.74, 6) is 0.806. The Hall–Kier alpha value is -5.18. The average molecular weight is 535 g/mol. The molecule has 2 aromatic heterocycles. The number of hydrogen-bond donors (Lipinski definition) is 3. The standard InChI is InChI=1S/C31H30N6O3/c1-19-10-13-24(35-30(38)23-11-14-25(40-4)15-12-23)16-27(19)36-29-28-20(2)26(17-37(28)33-18-32-29)31(39)34-21(3)22-8-6-5-7-9-22/h5-18,21H,1-4H3,(H,34,39)(H,35,38)(H,32,33,36)/t21-/m0/s1. The summed E-state index contributed by atoms with van der Waals surface area (Å²) in [6.45, 7) is 5.79. The molecule has 0 bridgehead atoms. The zero-order chi connectivity index (χ0) is 28.2. The number of carbonyl (C=O) groups excluding carboxylic acids is 2. The minimum Gasteiger partial charge on any atom is -0.497 e. The third kappa shape index (κ3) is 5.49. The molecule has 0 unspecified atom stereocenters. The highest BCUT2D eigenvalue weighted by Crippen LogP contribution is 2.29. The summed E-state index contributed by atoms with van der Waals surface area (Å²) in [6, 6.07) is 22.2. The molecule has 9 nitrogen and oxygen atoms in total. The second-order valence-corrected chi connectivity index (χ2v) is 9.51. The summed E-state index contributed by atoms with van der Waals surface area (Å²) in [5.41, 5.74) is 5.84. The molecule has 5 aromatic rings. The van der Waals surface area contributed by atoms with Gasteiger partial charge in [0.1, 0.15) is 17.6 Å². The van der Waals surface area contributed by atoms with Crippen molar-refractivity contribution in [3.05, 3.63) is 113 Å². The molecule has 2 amide bonds. The molecule has 0 radical (unpaired) electrons. The van der Waals surface area contributed by atoms with E-state index in [4.69, 9.17) is 4.74 Å². The Morgan fingerprint density at radius 1 is 0.950 bits per heavy atom. The van der Waals surface area contributed by atoms with Gasteiger partial charge in [-0.25, -0.2) is 9.50 Å². The number of rotatable bonds is 8. The number of amides is 2. The van der Waals surface area contributed by atoms with Crippen LogP contribution in [0, 0.1) is 13.8 Å². The maximum Gasteiger partial charge on any atom is 0.255 e. The first-order valence-electron chi connectivity index (χ1n) is 12.9. The Morgan fingerprint density at radius 2 is 1.70 bits per heavy atom. The quantitative estimate of drug-likeness (QED) is 0.231. The van der Waals surface area contributed by atoms with E-state index in [1.165, 1.54) is 6.33 Å². The predicted molar refractivity (Wildman–Crippen MR) is 155 cm³/mol. The van der Waals surface area contributed by atoms with E-state index in [2.05, 4.69) is 26.0 Å². The van der Waals surface area contributed by atoms with Gasteiger partial charge < -0.3 is 20.7 Å². The Kier molecular flexibility index (Phi) is 7.46. The number of ether oxygens (including phenoxy) is 1. The van der Waals surface area contributed by atoms with Crippen LogP contribution < -0.4 is 20.7 Å². The van der Waals surface area contributed by atoms with Gasteiger partial charge in [-0.15, -0.1) is 0 Å². The minimum absolute atomic E-state index is 0.154. The maximum atomic E-state index is 13.2. The van der Waals surface area contributed by atoms with Crippen LogP contribution in [-0.4, -0.2) is 33.5 Å². The van der Waals surface area contributed by atoms with Gasteiger partial charge in [0.05, 0.1) is 18.7 Å². The van der Waals surface area contributed by atoms with E-state index in [0.29, 0.717) is 33.9 Å². The number of methoxy groups -OCH3 is 1. The molecule has 5 rings (SSSR count). The molecule has 0 aliphatic carbocycles. The largest absolute Gasteiger partial charge is 0.497 e. The van der Waals surface area contributed by atoms with E-state index in [-0.39, 0.29) is 17.9 Å². The van der Waals surface area contributed by atoms with Crippen molar-refractivity contribution in [2.24, 2.45) is 0 Å². The Labute approximate surface area is 232 Å². The maximum absolute atomic E-state index is 13.2. The predicted octanol–water partition coefficient (Wildman–Crippen LogP) is 5.84. The van der Waals surface area contributed by atoms with Gasteiger partial charge in [-0.05, 0) is 73.9 Å². The molecule has 0 saturated heterocycles. The van der Waals surface area contributed by atoms with Gasteiger partial charge in [-0.2, -0.15) is 5.10 Å². The lowest BCUT2D eigenvalue weighted by molar-refractivity contribution is 0.0938. The molecule has 0 spiro atoms. The van der Waals surface area contributed by atoms with Crippen LogP contribution in [0.15, 0.2) is 85.3 Å². The van der Waals surface area contributed by atoms with E-state index in [1.807, 2.05) is 69.3 Å². The molecular formula is C31H30N6O3. The van der Waals surface area contributed by atoms with Crippen molar-refractivity contribution >= 4 is 34.5 Å². The van der Waals surface area contributed by atoms with Crippen LogP contribution in [-0.2, 0) is 0 Å². The summed E-state index contributed by atoms with van der Waals surface area (Å²) in [4.78, 5) is 30.5. The first-order valence-corrected chi connectivity index (χ1v) is 12.9. The van der Waals surface area contributed by atoms with Crippen molar-refractivity contribution in [1.82, 2.24) is 19.9 Å². The first-order chi connectivity index (χ1) is 19.3. The summed E-state index contributed by atoms with van der Waals surface area (Å²) in [6.07, 6.45) is 3.15. The fourth-order valence-electron chi connectivity index (χ4n) is 4.49. The molecule has 202 valence electrons. The lowest BCUT2D eigenvalue weighted by Gasteiger charge is -2.14. The molecule has 0 fully saturated rings. The molecule has 3 N–H and O–H groups in total. The Balaban J connectivity index is 1.38. The number of aryl methyl sites for hydroxylation is 2. The first kappa shape index (κ1) is 26.4. The number of benzene rings is 3. The fraction of sp³-hybridized carbons (Fsp3) is 0.161. The van der Waals surface area contributed by atoms with Crippen LogP contribution in [0.2, 0.25) is 0 Å². The average Bonchev–Trinajstić information content (AvgIpc) is 3.32. The van der Waals surface area contributed by atoms with Crippen molar-refractivity contribution in [3.63, 3.8) is 0 Å². The molecular weight excluding hydrogens is 504 g/mol. The van der Waals surface area contributed by atoms with Crippen LogP contribution in [0.1, 0.15) is 50.4 Å². The Morgan fingerprint density at radius 3 is 2.42 bits per heavy atom. The van der Waals surface area contributed by atoms with Gasteiger partial charge in [0.2, 0.25) is 0 Å². The van der Waals surface area contributed by atoms with Crippen molar-refractivity contribution in [2.75, 3.05) is 17.7 Å². The van der Waals surface area contributed by atoms with Crippen molar-refractivity contribution < 1.29 is 14.3 Å². The number of hydrogen-bond acceptors (Lipinski definition) is 6. The Bertz CT molecular complexity index is 1680. The van der Waals surface area contributed by atoms with Crippen molar-refractivity contribution in [1.29, 1.82) is 0 Å². The molecule has 40 heavy (non-hydrogen) atoms. The second-order valence-electron chi connectivity index (χ2n) is 9.51. The van der Waals surface area contributed by atoms with E-state index >= 15 is 0 Å². The molecule has 0 aliphatic rings. The van der Waals surface area contributed by atoms with Gasteiger partial charge in [0, 0.05) is 23.1 Å². The van der Waals surface area contributed by atoms with Crippen LogP contribution in [0.5, 0.6) is 5.75 Å². The zero-order valence-corrected chi connectivity index (χ0v) is 22.7. The van der Waals surface area contributed by atoms with Crippen LogP contribution in [0.4, 0.5) is 17.2 Å². The number of anilines is 3. The number of carbonyl (C=O) groups is 2. The zero-order valence-electron chi connectivity index (χ0n) is 22.7. The summed E-state index contributed by atoms with van der Waals surface area (Å²) in [7, 11) is 1.58. The monoisotopic (exact) mass is 534 g/mol. The van der Waals surface area contributed by atoms with Crippen LogP contribution in [0.3, 0.4) is 0 Å². The topological polar surface area (TPSA) is 110 Å². The lowest BCUT2D eigenvalue weighted by atomic mass is 10.1. The normalized spacial score (nSPS) is 11.6. The molecule has 2 heterocycles. The minimum atomic E-state index is -0.232. The smallest absolute Gasteiger partial charge is 0.255 e. The summed E-state index contributed by atoms with van der Waals surface area (Å²) in [5, 5.41) is 13.7. The lowest BCUT2D eigenvalue weighted by Crippen LogP contribution is -2.26. The highest BCUT2D eigenvalue weighted by Gasteiger charge is 2.20. The molecule has 0 aliphatic heterocycles. The molecule has 3 aromatic carbocycles. The molecule has 0 saturated carbocycles. The van der Waals surface area contributed by atoms with Gasteiger partial charge in [-0.1, -0.05) is 36.4 Å². The van der Waals surface area contributed by atoms with Crippen LogP contribution >= 0.6 is 0 Å². The number of fused-ring (bicyclic) bond motifs is 1. The highest BCUT2D eigenvalue weighted by atomic mass is 16.5. The SMILES string of the molecule is COc1ccc(C(=O)Nc2ccc(C)c(Nc3ncnn4cc(C(=O)N[C@@H](C)c5ccccc5)c(C)c34)c2)cc1. The molecule has 1 atom stereocenters. The third-order valence-electron chi connectivity index (χ3n) is 6.82.